The number of piperidine rings is 2. The van der Waals surface area contributed by atoms with Crippen LogP contribution in [0.15, 0.2) is 107 Å². The zero-order chi connectivity index (χ0) is 30.8. The van der Waals surface area contributed by atoms with E-state index in [1.165, 1.54) is 49.9 Å². The summed E-state index contributed by atoms with van der Waals surface area (Å²) in [5.41, 5.74) is 7.86. The van der Waals surface area contributed by atoms with Gasteiger partial charge in [0, 0.05) is 24.8 Å². The van der Waals surface area contributed by atoms with E-state index in [0.717, 1.165) is 35.6 Å². The zero-order valence-corrected chi connectivity index (χ0v) is 25.7. The molecule has 4 aromatic heterocycles. The van der Waals surface area contributed by atoms with Crippen molar-refractivity contribution in [3.8, 4) is 22.5 Å². The summed E-state index contributed by atoms with van der Waals surface area (Å²) >= 11 is 0. The molecule has 3 N–H and O–H groups in total. The van der Waals surface area contributed by atoms with Crippen molar-refractivity contribution in [2.45, 2.75) is 37.5 Å². The van der Waals surface area contributed by atoms with Crippen LogP contribution in [0.3, 0.4) is 0 Å². The number of likely N-dealkylation sites (tertiary alicyclic amines) is 1. The lowest BCUT2D eigenvalue weighted by Crippen LogP contribution is -2.29. The molecule has 8 rings (SSSR count). The zero-order valence-electron chi connectivity index (χ0n) is 25.7. The maximum Gasteiger partial charge on any atom is 0.272 e. The van der Waals surface area contributed by atoms with E-state index < -0.39 is 0 Å². The molecule has 2 saturated heterocycles. The van der Waals surface area contributed by atoms with E-state index in [2.05, 4.69) is 75.8 Å². The Labute approximate surface area is 262 Å². The van der Waals surface area contributed by atoms with Crippen molar-refractivity contribution >= 4 is 11.0 Å². The second kappa shape index (κ2) is 12.8. The van der Waals surface area contributed by atoms with Crippen molar-refractivity contribution in [1.82, 2.24) is 29.0 Å². The van der Waals surface area contributed by atoms with Crippen molar-refractivity contribution in [3.05, 3.63) is 129 Å². The van der Waals surface area contributed by atoms with Crippen LogP contribution in [0.4, 0.5) is 0 Å². The topological polar surface area (TPSA) is 89.8 Å². The number of H-pyrrole nitrogens is 2. The Morgan fingerprint density at radius 2 is 1.04 bits per heavy atom. The third-order valence-electron chi connectivity index (χ3n) is 9.50. The molecule has 0 unspecified atom stereocenters. The molecular weight excluding hydrogens is 560 g/mol. The molecule has 2 aromatic carbocycles. The highest BCUT2D eigenvalue weighted by molar-refractivity contribution is 5.62. The van der Waals surface area contributed by atoms with E-state index in [0.29, 0.717) is 22.9 Å². The molecule has 6 heterocycles. The molecule has 45 heavy (non-hydrogen) atoms. The highest BCUT2D eigenvalue weighted by Crippen LogP contribution is 2.29. The van der Waals surface area contributed by atoms with Crippen molar-refractivity contribution < 1.29 is 0 Å². The van der Waals surface area contributed by atoms with Crippen LogP contribution >= 0.6 is 0 Å². The summed E-state index contributed by atoms with van der Waals surface area (Å²) in [4.78, 5) is 32.5. The van der Waals surface area contributed by atoms with Gasteiger partial charge in [0.25, 0.3) is 11.1 Å². The third kappa shape index (κ3) is 6.30. The van der Waals surface area contributed by atoms with Crippen molar-refractivity contribution in [2.75, 3.05) is 33.2 Å². The van der Waals surface area contributed by atoms with E-state index >= 15 is 0 Å². The van der Waals surface area contributed by atoms with Crippen LogP contribution < -0.4 is 16.4 Å². The van der Waals surface area contributed by atoms with Gasteiger partial charge in [0.15, 0.2) is 0 Å². The molecular formula is C37H40N6O2. The number of hydrogen-bond acceptors (Lipinski definition) is 4. The van der Waals surface area contributed by atoms with Crippen LogP contribution in [0.25, 0.3) is 33.5 Å². The first kappa shape index (κ1) is 29.1. The Balaban J connectivity index is 0.000000145. The van der Waals surface area contributed by atoms with Gasteiger partial charge in [-0.1, -0.05) is 48.5 Å². The van der Waals surface area contributed by atoms with Gasteiger partial charge in [-0.3, -0.25) is 9.59 Å². The summed E-state index contributed by atoms with van der Waals surface area (Å²) in [6, 6.07) is 24.7. The molecule has 0 radical (unpaired) electrons. The van der Waals surface area contributed by atoms with Crippen LogP contribution in [0, 0.1) is 0 Å². The molecule has 0 aliphatic carbocycles. The minimum atomic E-state index is -0.0510. The maximum absolute atomic E-state index is 12.1. The lowest BCUT2D eigenvalue weighted by atomic mass is 9.89. The van der Waals surface area contributed by atoms with Crippen molar-refractivity contribution in [1.29, 1.82) is 0 Å². The van der Waals surface area contributed by atoms with Gasteiger partial charge >= 0.3 is 0 Å². The van der Waals surface area contributed by atoms with Gasteiger partial charge in [-0.05, 0) is 117 Å². The molecule has 0 spiro atoms. The number of nitrogens with one attached hydrogen (secondary N) is 3. The number of rotatable bonds is 4. The van der Waals surface area contributed by atoms with Gasteiger partial charge in [-0.25, -0.2) is 0 Å². The van der Waals surface area contributed by atoms with Crippen LogP contribution in [-0.4, -0.2) is 56.9 Å². The standard InChI is InChI=1S/C19H21N3O.C18H19N3O/c1-21-11-8-15(9-12-21)14-4-6-16(7-5-14)17-13-22-10-2-3-18(22)19(23)20-17;22-18-17-2-1-11-21(17)12-16(20-18)15-5-3-13(4-6-15)14-7-9-19-10-8-14/h2-7,10,13,15H,8-9,11-12H2,1H3,(H,20,23);1-6,11-12,14,19H,7-10H2,(H,20,22). The van der Waals surface area contributed by atoms with Crippen LogP contribution in [0.2, 0.25) is 0 Å². The number of fused-ring (bicyclic) bond motifs is 2. The van der Waals surface area contributed by atoms with Gasteiger partial charge in [-0.15, -0.1) is 0 Å². The number of nitrogens with zero attached hydrogens (tertiary/aromatic N) is 3. The SMILES string of the molecule is CN1CCC(c2ccc(-c3cn4cccc4c(=O)[nH]3)cc2)CC1.O=c1[nH]c(-c2ccc(C3CCNCC3)cc2)cn2cccc12. The fraction of sp³-hybridized carbons (Fsp3) is 0.297. The van der Waals surface area contributed by atoms with E-state index in [9.17, 15) is 9.59 Å². The van der Waals surface area contributed by atoms with E-state index in [-0.39, 0.29) is 11.1 Å². The van der Waals surface area contributed by atoms with E-state index in [4.69, 9.17) is 0 Å². The number of hydrogen-bond donors (Lipinski definition) is 3. The van der Waals surface area contributed by atoms with Gasteiger partial charge in [-0.2, -0.15) is 0 Å². The normalized spacial score (nSPS) is 16.6. The average molecular weight is 601 g/mol. The summed E-state index contributed by atoms with van der Waals surface area (Å²) in [5, 5.41) is 3.40. The van der Waals surface area contributed by atoms with Gasteiger partial charge in [0.05, 0.1) is 11.4 Å². The molecule has 0 atom stereocenters. The first-order valence-corrected chi connectivity index (χ1v) is 16.0. The number of benzene rings is 2. The largest absolute Gasteiger partial charge is 0.319 e. The van der Waals surface area contributed by atoms with Crippen LogP contribution in [-0.2, 0) is 0 Å². The van der Waals surface area contributed by atoms with Crippen molar-refractivity contribution in [3.63, 3.8) is 0 Å². The lowest BCUT2D eigenvalue weighted by molar-refractivity contribution is 0.255. The molecule has 2 fully saturated rings. The minimum absolute atomic E-state index is 0.0492. The quantitative estimate of drug-likeness (QED) is 0.236. The Morgan fingerprint density at radius 1 is 0.600 bits per heavy atom. The molecule has 0 saturated carbocycles. The first-order valence-electron chi connectivity index (χ1n) is 16.0. The van der Waals surface area contributed by atoms with Crippen LogP contribution in [0.1, 0.15) is 48.6 Å². The van der Waals surface area contributed by atoms with Gasteiger partial charge in [0.2, 0.25) is 0 Å². The molecule has 6 aromatic rings. The van der Waals surface area contributed by atoms with Crippen LogP contribution in [0.5, 0.6) is 0 Å². The first-order chi connectivity index (χ1) is 22.0. The highest BCUT2D eigenvalue weighted by Gasteiger charge is 2.18. The summed E-state index contributed by atoms with van der Waals surface area (Å²) in [5.74, 6) is 1.31. The van der Waals surface area contributed by atoms with Crippen molar-refractivity contribution in [2.24, 2.45) is 0 Å². The summed E-state index contributed by atoms with van der Waals surface area (Å²) in [6.07, 6.45) is 12.6. The molecule has 8 nitrogen and oxygen atoms in total. The van der Waals surface area contributed by atoms with E-state index in [1.807, 2.05) is 57.9 Å². The Morgan fingerprint density at radius 3 is 1.51 bits per heavy atom. The second-order valence-corrected chi connectivity index (χ2v) is 12.4. The number of aromatic nitrogens is 4. The predicted octanol–water partition coefficient (Wildman–Crippen LogP) is 5.87. The molecule has 2 aliphatic heterocycles. The summed E-state index contributed by atoms with van der Waals surface area (Å²) in [7, 11) is 2.19. The Hall–Kier alpha value is -4.66. The Kier molecular flexibility index (Phi) is 8.24. The molecule has 0 amide bonds. The second-order valence-electron chi connectivity index (χ2n) is 12.4. The summed E-state index contributed by atoms with van der Waals surface area (Å²) in [6.45, 7) is 4.54. The summed E-state index contributed by atoms with van der Waals surface area (Å²) < 4.78 is 3.74. The highest BCUT2D eigenvalue weighted by atomic mass is 16.1. The fourth-order valence-corrected chi connectivity index (χ4v) is 6.77. The van der Waals surface area contributed by atoms with E-state index in [1.54, 1.807) is 0 Å². The Bertz CT molecular complexity index is 2000. The molecule has 230 valence electrons. The third-order valence-corrected chi connectivity index (χ3v) is 9.50. The van der Waals surface area contributed by atoms with Gasteiger partial charge < -0.3 is 29.0 Å². The molecule has 2 aliphatic rings. The smallest absolute Gasteiger partial charge is 0.272 e. The maximum atomic E-state index is 12.1. The lowest BCUT2D eigenvalue weighted by Gasteiger charge is -2.29. The fourth-order valence-electron chi connectivity index (χ4n) is 6.77. The molecule has 0 bridgehead atoms. The predicted molar refractivity (Wildman–Crippen MR) is 181 cm³/mol. The minimum Gasteiger partial charge on any atom is -0.319 e. The average Bonchev–Trinajstić information content (AvgIpc) is 3.77. The monoisotopic (exact) mass is 600 g/mol. The number of aromatic amines is 2. The molecule has 8 heteroatoms. The van der Waals surface area contributed by atoms with Gasteiger partial charge in [0.1, 0.15) is 11.0 Å².